The number of ketones is 1. The van der Waals surface area contributed by atoms with Crippen LogP contribution < -0.4 is 5.73 Å². The first kappa shape index (κ1) is 10.2. The van der Waals surface area contributed by atoms with Gasteiger partial charge in [-0.25, -0.2) is 0 Å². The van der Waals surface area contributed by atoms with E-state index >= 15 is 0 Å². The minimum atomic E-state index is -0.499. The lowest BCUT2D eigenvalue weighted by Gasteiger charge is -2.20. The molecule has 0 atom stereocenters. The van der Waals surface area contributed by atoms with Gasteiger partial charge in [-0.05, 0) is 5.92 Å². The first-order valence-electron chi connectivity index (χ1n) is 4.98. The van der Waals surface area contributed by atoms with E-state index in [1.807, 2.05) is 0 Å². The van der Waals surface area contributed by atoms with Crippen LogP contribution in [0.3, 0.4) is 0 Å². The molecule has 0 aliphatic heterocycles. The maximum absolute atomic E-state index is 11.2. The molecule has 0 heterocycles. The summed E-state index contributed by atoms with van der Waals surface area (Å²) in [6.45, 7) is 0. The number of hydrogen-bond donors (Lipinski definition) is 1. The number of rotatable bonds is 4. The first-order valence-corrected chi connectivity index (χ1v) is 4.98. The Bertz CT molecular complexity index is 195. The van der Waals surface area contributed by atoms with Crippen molar-refractivity contribution in [2.75, 3.05) is 0 Å². The molecule has 0 aromatic rings. The molecule has 1 fully saturated rings. The Morgan fingerprint density at radius 3 is 2.31 bits per heavy atom. The monoisotopic (exact) mass is 183 g/mol. The van der Waals surface area contributed by atoms with E-state index in [0.29, 0.717) is 12.3 Å². The molecule has 0 aromatic carbocycles. The van der Waals surface area contributed by atoms with Crippen molar-refractivity contribution in [3.63, 3.8) is 0 Å². The maximum Gasteiger partial charge on any atom is 0.224 e. The van der Waals surface area contributed by atoms with Gasteiger partial charge in [0.25, 0.3) is 0 Å². The third-order valence-corrected chi connectivity index (χ3v) is 2.61. The number of carbonyl (C=O) groups is 2. The van der Waals surface area contributed by atoms with Gasteiger partial charge in [-0.3, -0.25) is 9.59 Å². The fourth-order valence-electron chi connectivity index (χ4n) is 1.98. The Balaban J connectivity index is 2.22. The van der Waals surface area contributed by atoms with Crippen LogP contribution in [0.2, 0.25) is 0 Å². The summed E-state index contributed by atoms with van der Waals surface area (Å²) >= 11 is 0. The topological polar surface area (TPSA) is 60.2 Å². The smallest absolute Gasteiger partial charge is 0.224 e. The minimum absolute atomic E-state index is 0.0133. The predicted molar refractivity (Wildman–Crippen MR) is 50.0 cm³/mol. The summed E-state index contributed by atoms with van der Waals surface area (Å²) in [4.78, 5) is 21.7. The lowest BCUT2D eigenvalue weighted by Crippen LogP contribution is -2.19. The van der Waals surface area contributed by atoms with Crippen molar-refractivity contribution in [2.24, 2.45) is 11.7 Å². The van der Waals surface area contributed by atoms with Gasteiger partial charge in [0.1, 0.15) is 5.78 Å². The quantitative estimate of drug-likeness (QED) is 0.670. The van der Waals surface area contributed by atoms with Gasteiger partial charge in [0.05, 0.1) is 6.42 Å². The molecule has 0 aromatic heterocycles. The van der Waals surface area contributed by atoms with Crippen molar-refractivity contribution >= 4 is 11.7 Å². The van der Waals surface area contributed by atoms with Crippen LogP contribution in [0.15, 0.2) is 0 Å². The van der Waals surface area contributed by atoms with Crippen molar-refractivity contribution < 1.29 is 9.59 Å². The van der Waals surface area contributed by atoms with Crippen LogP contribution in [-0.2, 0) is 9.59 Å². The number of Topliss-reactive ketones (excluding diaryl/α,β-unsaturated/α-hetero) is 1. The zero-order valence-corrected chi connectivity index (χ0v) is 7.92. The van der Waals surface area contributed by atoms with Gasteiger partial charge in [-0.1, -0.05) is 32.1 Å². The van der Waals surface area contributed by atoms with Crippen LogP contribution in [0.1, 0.15) is 44.9 Å². The molecule has 1 rings (SSSR count). The van der Waals surface area contributed by atoms with Crippen LogP contribution in [0.25, 0.3) is 0 Å². The maximum atomic E-state index is 11.2. The van der Waals surface area contributed by atoms with Crippen LogP contribution >= 0.6 is 0 Å². The van der Waals surface area contributed by atoms with E-state index in [9.17, 15) is 9.59 Å². The fourth-order valence-corrected chi connectivity index (χ4v) is 1.98. The van der Waals surface area contributed by atoms with E-state index < -0.39 is 5.91 Å². The summed E-state index contributed by atoms with van der Waals surface area (Å²) in [5.74, 6) is 0.0285. The number of amides is 1. The highest BCUT2D eigenvalue weighted by Crippen LogP contribution is 2.26. The van der Waals surface area contributed by atoms with Gasteiger partial charge >= 0.3 is 0 Å². The molecule has 0 radical (unpaired) electrons. The van der Waals surface area contributed by atoms with Gasteiger partial charge in [0.2, 0.25) is 5.91 Å². The molecule has 0 unspecified atom stereocenters. The van der Waals surface area contributed by atoms with E-state index in [4.69, 9.17) is 5.73 Å². The van der Waals surface area contributed by atoms with Gasteiger partial charge in [-0.2, -0.15) is 0 Å². The second kappa shape index (κ2) is 5.00. The van der Waals surface area contributed by atoms with Crippen LogP contribution in [0, 0.1) is 5.92 Å². The second-order valence-electron chi connectivity index (χ2n) is 3.89. The van der Waals surface area contributed by atoms with Gasteiger partial charge in [0.15, 0.2) is 0 Å². The molecule has 13 heavy (non-hydrogen) atoms. The third kappa shape index (κ3) is 4.06. The van der Waals surface area contributed by atoms with Crippen LogP contribution in [0.5, 0.6) is 0 Å². The van der Waals surface area contributed by atoms with Gasteiger partial charge < -0.3 is 5.73 Å². The molecule has 74 valence electrons. The lowest BCUT2D eigenvalue weighted by atomic mass is 9.85. The molecule has 2 N–H and O–H groups in total. The second-order valence-corrected chi connectivity index (χ2v) is 3.89. The molecule has 3 heteroatoms. The van der Waals surface area contributed by atoms with Crippen molar-refractivity contribution in [3.05, 3.63) is 0 Å². The zero-order valence-electron chi connectivity index (χ0n) is 7.92. The fraction of sp³-hybridized carbons (Fsp3) is 0.800. The third-order valence-electron chi connectivity index (χ3n) is 2.61. The van der Waals surface area contributed by atoms with Gasteiger partial charge in [-0.15, -0.1) is 0 Å². The molecule has 1 aliphatic rings. The van der Waals surface area contributed by atoms with E-state index in [0.717, 1.165) is 12.8 Å². The molecular weight excluding hydrogens is 166 g/mol. The number of primary amides is 1. The summed E-state index contributed by atoms with van der Waals surface area (Å²) in [5.41, 5.74) is 4.94. The molecule has 0 spiro atoms. The highest BCUT2D eigenvalue weighted by Gasteiger charge is 2.17. The Morgan fingerprint density at radius 2 is 1.77 bits per heavy atom. The average molecular weight is 183 g/mol. The predicted octanol–water partition coefficient (Wildman–Crippen LogP) is 1.40. The van der Waals surface area contributed by atoms with E-state index in [1.54, 1.807) is 0 Å². The summed E-state index contributed by atoms with van der Waals surface area (Å²) in [6.07, 6.45) is 6.53. The van der Waals surface area contributed by atoms with E-state index in [1.165, 1.54) is 19.3 Å². The highest BCUT2D eigenvalue weighted by atomic mass is 16.2. The van der Waals surface area contributed by atoms with Gasteiger partial charge in [0, 0.05) is 6.42 Å². The van der Waals surface area contributed by atoms with Crippen LogP contribution in [-0.4, -0.2) is 11.7 Å². The average Bonchev–Trinajstić information content (AvgIpc) is 2.04. The number of carbonyl (C=O) groups excluding carboxylic acids is 2. The summed E-state index contributed by atoms with van der Waals surface area (Å²) < 4.78 is 0. The summed E-state index contributed by atoms with van der Waals surface area (Å²) in [6, 6.07) is 0. The highest BCUT2D eigenvalue weighted by molar-refractivity contribution is 5.97. The molecule has 0 saturated heterocycles. The van der Waals surface area contributed by atoms with Crippen molar-refractivity contribution in [1.29, 1.82) is 0 Å². The van der Waals surface area contributed by atoms with Crippen LogP contribution in [0.4, 0.5) is 0 Å². The summed E-state index contributed by atoms with van der Waals surface area (Å²) in [7, 11) is 0. The molecule has 3 nitrogen and oxygen atoms in total. The summed E-state index contributed by atoms with van der Waals surface area (Å²) in [5, 5.41) is 0. The Morgan fingerprint density at radius 1 is 1.15 bits per heavy atom. The molecule has 1 amide bonds. The van der Waals surface area contributed by atoms with Crippen molar-refractivity contribution in [2.45, 2.75) is 44.9 Å². The zero-order chi connectivity index (χ0) is 9.68. The Hall–Kier alpha value is -0.860. The standard InChI is InChI=1S/C10H17NO2/c11-10(13)7-9(12)6-8-4-2-1-3-5-8/h8H,1-7H2,(H2,11,13). The minimum Gasteiger partial charge on any atom is -0.369 e. The number of nitrogens with two attached hydrogens (primary N) is 1. The SMILES string of the molecule is NC(=O)CC(=O)CC1CCCCC1. The largest absolute Gasteiger partial charge is 0.369 e. The van der Waals surface area contributed by atoms with E-state index in [2.05, 4.69) is 0 Å². The molecule has 1 saturated carbocycles. The Kier molecular flexibility index (Phi) is 3.93. The molecule has 1 aliphatic carbocycles. The first-order chi connectivity index (χ1) is 6.18. The Labute approximate surface area is 78.7 Å². The number of hydrogen-bond acceptors (Lipinski definition) is 2. The van der Waals surface area contributed by atoms with Crippen molar-refractivity contribution in [1.82, 2.24) is 0 Å². The van der Waals surface area contributed by atoms with E-state index in [-0.39, 0.29) is 12.2 Å². The normalized spacial score (nSPS) is 18.5. The molecule has 0 bridgehead atoms. The lowest BCUT2D eigenvalue weighted by molar-refractivity contribution is -0.127. The van der Waals surface area contributed by atoms with Crippen molar-refractivity contribution in [3.8, 4) is 0 Å². The molecular formula is C10H17NO2.